The van der Waals surface area contributed by atoms with Gasteiger partial charge in [0.05, 0.1) is 11.6 Å². The van der Waals surface area contributed by atoms with Crippen LogP contribution in [0.25, 0.3) is 0 Å². The summed E-state index contributed by atoms with van der Waals surface area (Å²) >= 11 is 0. The molecular weight excluding hydrogens is 262 g/mol. The first-order valence-electron chi connectivity index (χ1n) is 7.02. The second-order valence-corrected chi connectivity index (χ2v) is 4.63. The Balaban J connectivity index is 2.45. The average Bonchev–Trinajstić information content (AvgIpc) is 2.54. The Hall–Kier alpha value is -2.61. The lowest BCUT2D eigenvalue weighted by Crippen LogP contribution is -2.16. The zero-order valence-electron chi connectivity index (χ0n) is 12.6. The van der Waals surface area contributed by atoms with Crippen LogP contribution in [0.15, 0.2) is 30.6 Å². The molecule has 0 aliphatic carbocycles. The third-order valence-corrected chi connectivity index (χ3v) is 3.30. The fourth-order valence-electron chi connectivity index (χ4n) is 2.24. The maximum Gasteiger partial charge on any atom is 0.141 e. The highest BCUT2D eigenvalue weighted by Gasteiger charge is 2.14. The van der Waals surface area contributed by atoms with Crippen LogP contribution < -0.4 is 10.2 Å². The fourth-order valence-corrected chi connectivity index (χ4v) is 2.24. The molecule has 21 heavy (non-hydrogen) atoms. The van der Waals surface area contributed by atoms with E-state index in [-0.39, 0.29) is 0 Å². The van der Waals surface area contributed by atoms with E-state index in [1.165, 1.54) is 0 Å². The van der Waals surface area contributed by atoms with Crippen molar-refractivity contribution in [2.24, 2.45) is 0 Å². The largest absolute Gasteiger partial charge is 0.370 e. The smallest absolute Gasteiger partial charge is 0.141 e. The van der Waals surface area contributed by atoms with E-state index in [2.05, 4.69) is 28.3 Å². The van der Waals surface area contributed by atoms with Crippen LogP contribution in [-0.4, -0.2) is 23.6 Å². The molecule has 1 heterocycles. The van der Waals surface area contributed by atoms with E-state index in [0.29, 0.717) is 5.56 Å². The van der Waals surface area contributed by atoms with E-state index in [1.807, 2.05) is 37.1 Å². The van der Waals surface area contributed by atoms with Crippen molar-refractivity contribution in [3.63, 3.8) is 0 Å². The average molecular weight is 281 g/mol. The fraction of sp³-hybridized carbons (Fsp3) is 0.312. The number of rotatable bonds is 5. The topological polar surface area (TPSA) is 64.8 Å². The van der Waals surface area contributed by atoms with Crippen molar-refractivity contribution in [1.29, 1.82) is 5.26 Å². The lowest BCUT2D eigenvalue weighted by molar-refractivity contribution is 0.989. The first kappa shape index (κ1) is 14.8. The van der Waals surface area contributed by atoms with Crippen LogP contribution in [0.4, 0.5) is 17.3 Å². The standard InChI is InChI=1S/C16H19N5/c1-4-14-15(18-5-2)19-11-20-16(14)21(3)13-8-6-7-12(9-13)10-17/h6-9,11H,4-5H2,1-3H3,(H,18,19,20). The van der Waals surface area contributed by atoms with Crippen molar-refractivity contribution < 1.29 is 0 Å². The van der Waals surface area contributed by atoms with Gasteiger partial charge in [-0.05, 0) is 31.5 Å². The SMILES string of the molecule is CCNc1ncnc(N(C)c2cccc(C#N)c2)c1CC. The van der Waals surface area contributed by atoms with Crippen LogP contribution >= 0.6 is 0 Å². The number of nitriles is 1. The second-order valence-electron chi connectivity index (χ2n) is 4.63. The molecule has 0 bridgehead atoms. The zero-order valence-corrected chi connectivity index (χ0v) is 12.6. The van der Waals surface area contributed by atoms with Gasteiger partial charge in [-0.15, -0.1) is 0 Å². The quantitative estimate of drug-likeness (QED) is 0.912. The first-order chi connectivity index (χ1) is 10.2. The van der Waals surface area contributed by atoms with Crippen LogP contribution in [0.1, 0.15) is 25.0 Å². The minimum atomic E-state index is 0.637. The first-order valence-corrected chi connectivity index (χ1v) is 7.02. The summed E-state index contributed by atoms with van der Waals surface area (Å²) in [5.74, 6) is 1.73. The Morgan fingerprint density at radius 1 is 1.29 bits per heavy atom. The molecule has 1 aromatic heterocycles. The van der Waals surface area contributed by atoms with Crippen LogP contribution in [-0.2, 0) is 6.42 Å². The van der Waals surface area contributed by atoms with Gasteiger partial charge in [0.1, 0.15) is 18.0 Å². The predicted molar refractivity (Wildman–Crippen MR) is 84.8 cm³/mol. The number of hydrogen-bond acceptors (Lipinski definition) is 5. The Morgan fingerprint density at radius 2 is 2.10 bits per heavy atom. The molecule has 2 aromatic rings. The van der Waals surface area contributed by atoms with E-state index in [9.17, 15) is 0 Å². The highest BCUT2D eigenvalue weighted by Crippen LogP contribution is 2.29. The number of benzene rings is 1. The Labute approximate surface area is 125 Å². The normalized spacial score (nSPS) is 10.0. The Kier molecular flexibility index (Phi) is 4.72. The third kappa shape index (κ3) is 3.11. The molecule has 0 saturated carbocycles. The highest BCUT2D eigenvalue weighted by atomic mass is 15.2. The number of anilines is 3. The van der Waals surface area contributed by atoms with Gasteiger partial charge in [-0.1, -0.05) is 13.0 Å². The van der Waals surface area contributed by atoms with Gasteiger partial charge >= 0.3 is 0 Å². The zero-order chi connectivity index (χ0) is 15.2. The van der Waals surface area contributed by atoms with Crippen molar-refractivity contribution in [3.8, 4) is 6.07 Å². The second kappa shape index (κ2) is 6.71. The van der Waals surface area contributed by atoms with Crippen molar-refractivity contribution in [1.82, 2.24) is 9.97 Å². The van der Waals surface area contributed by atoms with Gasteiger partial charge < -0.3 is 10.2 Å². The molecule has 1 aromatic carbocycles. The molecule has 0 amide bonds. The number of nitrogens with one attached hydrogen (secondary N) is 1. The lowest BCUT2D eigenvalue weighted by Gasteiger charge is -2.22. The summed E-state index contributed by atoms with van der Waals surface area (Å²) in [4.78, 5) is 10.7. The minimum absolute atomic E-state index is 0.637. The summed E-state index contributed by atoms with van der Waals surface area (Å²) in [6, 6.07) is 9.66. The lowest BCUT2D eigenvalue weighted by atomic mass is 10.1. The molecule has 0 spiro atoms. The Morgan fingerprint density at radius 3 is 2.76 bits per heavy atom. The van der Waals surface area contributed by atoms with E-state index < -0.39 is 0 Å². The Bertz CT molecular complexity index is 660. The predicted octanol–water partition coefficient (Wildman–Crippen LogP) is 3.11. The van der Waals surface area contributed by atoms with Crippen LogP contribution in [0.3, 0.4) is 0 Å². The molecule has 0 atom stereocenters. The maximum atomic E-state index is 9.03. The van der Waals surface area contributed by atoms with Crippen molar-refractivity contribution in [3.05, 3.63) is 41.7 Å². The molecule has 0 aliphatic heterocycles. The monoisotopic (exact) mass is 281 g/mol. The van der Waals surface area contributed by atoms with Crippen molar-refractivity contribution in [2.75, 3.05) is 23.8 Å². The molecule has 0 fully saturated rings. The molecule has 0 radical (unpaired) electrons. The molecule has 1 N–H and O–H groups in total. The van der Waals surface area contributed by atoms with Crippen molar-refractivity contribution in [2.45, 2.75) is 20.3 Å². The third-order valence-electron chi connectivity index (χ3n) is 3.30. The van der Waals surface area contributed by atoms with Gasteiger partial charge in [-0.25, -0.2) is 9.97 Å². The highest BCUT2D eigenvalue weighted by molar-refractivity contribution is 5.67. The molecule has 0 aliphatic rings. The number of hydrogen-bond donors (Lipinski definition) is 1. The molecular formula is C16H19N5. The molecule has 108 valence electrons. The van der Waals surface area contributed by atoms with Crippen LogP contribution in [0, 0.1) is 11.3 Å². The van der Waals surface area contributed by atoms with E-state index in [0.717, 1.165) is 35.9 Å². The van der Waals surface area contributed by atoms with Crippen molar-refractivity contribution >= 4 is 17.3 Å². The van der Waals surface area contributed by atoms with Crippen LogP contribution in [0.2, 0.25) is 0 Å². The van der Waals surface area contributed by atoms with E-state index in [4.69, 9.17) is 5.26 Å². The maximum absolute atomic E-state index is 9.03. The molecule has 0 unspecified atom stereocenters. The number of aromatic nitrogens is 2. The molecule has 0 saturated heterocycles. The van der Waals surface area contributed by atoms with Gasteiger partial charge in [0.15, 0.2) is 0 Å². The minimum Gasteiger partial charge on any atom is -0.370 e. The van der Waals surface area contributed by atoms with Crippen LogP contribution in [0.5, 0.6) is 0 Å². The summed E-state index contributed by atoms with van der Waals surface area (Å²) in [5.41, 5.74) is 2.65. The van der Waals surface area contributed by atoms with Gasteiger partial charge in [-0.2, -0.15) is 5.26 Å². The summed E-state index contributed by atoms with van der Waals surface area (Å²) in [6.07, 6.45) is 2.40. The van der Waals surface area contributed by atoms with E-state index in [1.54, 1.807) is 12.4 Å². The summed E-state index contributed by atoms with van der Waals surface area (Å²) in [6.45, 7) is 4.95. The molecule has 2 rings (SSSR count). The van der Waals surface area contributed by atoms with Gasteiger partial charge in [0, 0.05) is 24.8 Å². The van der Waals surface area contributed by atoms with E-state index >= 15 is 0 Å². The number of nitrogens with zero attached hydrogens (tertiary/aromatic N) is 4. The molecule has 5 heteroatoms. The molecule has 5 nitrogen and oxygen atoms in total. The summed E-state index contributed by atoms with van der Waals surface area (Å²) in [7, 11) is 1.95. The van der Waals surface area contributed by atoms with Gasteiger partial charge in [0.2, 0.25) is 0 Å². The summed E-state index contributed by atoms with van der Waals surface area (Å²) in [5, 5.41) is 12.3. The van der Waals surface area contributed by atoms with Gasteiger partial charge in [-0.3, -0.25) is 0 Å². The van der Waals surface area contributed by atoms with Gasteiger partial charge in [0.25, 0.3) is 0 Å². The summed E-state index contributed by atoms with van der Waals surface area (Å²) < 4.78 is 0.